The molecule has 2 aromatic heterocycles. The van der Waals surface area contributed by atoms with E-state index in [0.29, 0.717) is 27.8 Å². The van der Waals surface area contributed by atoms with Crippen molar-refractivity contribution in [1.82, 2.24) is 15.4 Å². The lowest BCUT2D eigenvalue weighted by atomic mass is 10.1. The molecule has 2 aromatic carbocycles. The number of thioether (sulfide) groups is 1. The van der Waals surface area contributed by atoms with Gasteiger partial charge in [0.25, 0.3) is 11.1 Å². The fourth-order valence-electron chi connectivity index (χ4n) is 2.78. The van der Waals surface area contributed by atoms with Gasteiger partial charge in [0.1, 0.15) is 11.5 Å². The van der Waals surface area contributed by atoms with E-state index in [1.165, 1.54) is 0 Å². The number of nitrogens with zero attached hydrogens (tertiary/aromatic N) is 3. The van der Waals surface area contributed by atoms with Gasteiger partial charge in [-0.15, -0.1) is 10.2 Å². The van der Waals surface area contributed by atoms with Gasteiger partial charge in [0.2, 0.25) is 12.0 Å². The largest absolute Gasteiger partial charge is 0.447 e. The van der Waals surface area contributed by atoms with Gasteiger partial charge in [-0.2, -0.15) is 0 Å². The summed E-state index contributed by atoms with van der Waals surface area (Å²) in [5.41, 5.74) is 1.21. The Bertz CT molecular complexity index is 1240. The van der Waals surface area contributed by atoms with Crippen LogP contribution in [-0.4, -0.2) is 33.0 Å². The number of carbonyl (C=O) groups is 2. The molecule has 11 heteroatoms. The average Bonchev–Trinajstić information content (AvgIpc) is 3.46. The molecule has 2 heterocycles. The number of ether oxygens (including phenoxy) is 1. The average molecular weight is 485 g/mol. The van der Waals surface area contributed by atoms with Gasteiger partial charge in [-0.05, 0) is 31.2 Å². The molecule has 4 rings (SSSR count). The molecular formula is C22H17ClN4O5S. The summed E-state index contributed by atoms with van der Waals surface area (Å²) in [5.74, 6) is -0.270. The van der Waals surface area contributed by atoms with Crippen LogP contribution < -0.4 is 5.32 Å². The number of amides is 1. The number of hydrogen-bond acceptors (Lipinski definition) is 9. The van der Waals surface area contributed by atoms with E-state index in [4.69, 9.17) is 25.3 Å². The van der Waals surface area contributed by atoms with E-state index in [0.717, 1.165) is 11.8 Å². The highest BCUT2D eigenvalue weighted by molar-refractivity contribution is 7.99. The number of benzene rings is 2. The standard InChI is InChI=1S/C22H17ClN4O5S/c1-13-11-17(27-32-13)24-20(29)19(14-5-3-2-4-6-14)30-18(28)12-33-22-26-25-21(31-22)15-7-9-16(23)10-8-15/h2-11,19H,12H2,1H3,(H,24,27,29). The molecule has 0 aliphatic rings. The Balaban J connectivity index is 1.39. The summed E-state index contributed by atoms with van der Waals surface area (Å²) in [7, 11) is 0. The van der Waals surface area contributed by atoms with Crippen molar-refractivity contribution in [2.24, 2.45) is 0 Å². The van der Waals surface area contributed by atoms with Crippen LogP contribution in [0.4, 0.5) is 5.82 Å². The summed E-state index contributed by atoms with van der Waals surface area (Å²) in [6.45, 7) is 1.70. The predicted molar refractivity (Wildman–Crippen MR) is 121 cm³/mol. The molecule has 1 amide bonds. The Morgan fingerprint density at radius 3 is 2.58 bits per heavy atom. The zero-order valence-electron chi connectivity index (χ0n) is 17.2. The van der Waals surface area contributed by atoms with Crippen LogP contribution in [0.15, 0.2) is 74.8 Å². The van der Waals surface area contributed by atoms with E-state index >= 15 is 0 Å². The first kappa shape index (κ1) is 22.6. The molecule has 0 aliphatic carbocycles. The highest BCUT2D eigenvalue weighted by Crippen LogP contribution is 2.26. The molecule has 0 saturated heterocycles. The summed E-state index contributed by atoms with van der Waals surface area (Å²) in [5, 5.41) is 15.0. The van der Waals surface area contributed by atoms with Crippen molar-refractivity contribution >= 4 is 41.1 Å². The molecule has 0 fully saturated rings. The molecule has 0 aliphatic heterocycles. The predicted octanol–water partition coefficient (Wildman–Crippen LogP) is 4.70. The number of hydrogen-bond donors (Lipinski definition) is 1. The Labute approximate surface area is 197 Å². The van der Waals surface area contributed by atoms with Crippen LogP contribution in [0.2, 0.25) is 5.02 Å². The van der Waals surface area contributed by atoms with Crippen molar-refractivity contribution in [3.63, 3.8) is 0 Å². The van der Waals surface area contributed by atoms with Gasteiger partial charge in [-0.25, -0.2) is 0 Å². The number of nitrogens with one attached hydrogen (secondary N) is 1. The zero-order valence-corrected chi connectivity index (χ0v) is 18.8. The lowest BCUT2D eigenvalue weighted by molar-refractivity contribution is -0.152. The molecule has 168 valence electrons. The minimum atomic E-state index is -1.18. The Hall–Kier alpha value is -3.63. The lowest BCUT2D eigenvalue weighted by Crippen LogP contribution is -2.26. The maximum Gasteiger partial charge on any atom is 0.317 e. The number of esters is 1. The molecule has 4 aromatic rings. The molecule has 9 nitrogen and oxygen atoms in total. The molecule has 0 spiro atoms. The summed E-state index contributed by atoms with van der Waals surface area (Å²) in [4.78, 5) is 25.3. The summed E-state index contributed by atoms with van der Waals surface area (Å²) < 4.78 is 16.0. The molecule has 0 bridgehead atoms. The van der Waals surface area contributed by atoms with Crippen molar-refractivity contribution in [1.29, 1.82) is 0 Å². The first-order valence-corrected chi connectivity index (χ1v) is 11.0. The van der Waals surface area contributed by atoms with Crippen LogP contribution in [0.1, 0.15) is 17.4 Å². The minimum absolute atomic E-state index is 0.137. The van der Waals surface area contributed by atoms with E-state index in [-0.39, 0.29) is 16.8 Å². The normalized spacial score (nSPS) is 11.7. The van der Waals surface area contributed by atoms with Gasteiger partial charge >= 0.3 is 5.97 Å². The molecule has 0 saturated carbocycles. The summed E-state index contributed by atoms with van der Waals surface area (Å²) >= 11 is 6.89. The number of halogens is 1. The van der Waals surface area contributed by atoms with Gasteiger partial charge in [-0.3, -0.25) is 9.59 Å². The van der Waals surface area contributed by atoms with Crippen molar-refractivity contribution in [3.05, 3.63) is 77.0 Å². The molecule has 1 unspecified atom stereocenters. The van der Waals surface area contributed by atoms with Gasteiger partial charge < -0.3 is 19.0 Å². The molecule has 33 heavy (non-hydrogen) atoms. The lowest BCUT2D eigenvalue weighted by Gasteiger charge is -2.17. The van der Waals surface area contributed by atoms with E-state index in [1.54, 1.807) is 67.6 Å². The SMILES string of the molecule is Cc1cc(NC(=O)C(OC(=O)CSc2nnc(-c3ccc(Cl)cc3)o2)c2ccccc2)no1. The fourth-order valence-corrected chi connectivity index (χ4v) is 3.45. The first-order valence-electron chi connectivity index (χ1n) is 9.69. The smallest absolute Gasteiger partial charge is 0.317 e. The molecular weight excluding hydrogens is 468 g/mol. The van der Waals surface area contributed by atoms with E-state index in [2.05, 4.69) is 20.7 Å². The second kappa shape index (κ2) is 10.3. The molecule has 1 N–H and O–H groups in total. The number of rotatable bonds is 8. The zero-order chi connectivity index (χ0) is 23.2. The summed E-state index contributed by atoms with van der Waals surface area (Å²) in [6.07, 6.45) is -1.18. The molecule has 0 radical (unpaired) electrons. The quantitative estimate of drug-likeness (QED) is 0.280. The minimum Gasteiger partial charge on any atom is -0.447 e. The third-order valence-electron chi connectivity index (χ3n) is 4.28. The van der Waals surface area contributed by atoms with Crippen molar-refractivity contribution in [2.75, 3.05) is 11.1 Å². The maximum absolute atomic E-state index is 12.8. The monoisotopic (exact) mass is 484 g/mol. The topological polar surface area (TPSA) is 120 Å². The second-order valence-electron chi connectivity index (χ2n) is 6.76. The van der Waals surface area contributed by atoms with Crippen molar-refractivity contribution in [2.45, 2.75) is 18.3 Å². The van der Waals surface area contributed by atoms with Gasteiger partial charge in [-0.1, -0.05) is 58.9 Å². The summed E-state index contributed by atoms with van der Waals surface area (Å²) in [6, 6.07) is 17.1. The second-order valence-corrected chi connectivity index (χ2v) is 8.12. The van der Waals surface area contributed by atoms with Crippen LogP contribution in [0.3, 0.4) is 0 Å². The van der Waals surface area contributed by atoms with Gasteiger partial charge in [0.15, 0.2) is 5.82 Å². The van der Waals surface area contributed by atoms with Crippen LogP contribution >= 0.6 is 23.4 Å². The van der Waals surface area contributed by atoms with E-state index in [9.17, 15) is 9.59 Å². The van der Waals surface area contributed by atoms with Crippen LogP contribution in [0, 0.1) is 6.92 Å². The number of aromatic nitrogens is 3. The highest BCUT2D eigenvalue weighted by atomic mass is 35.5. The Kier molecular flexibility index (Phi) is 7.06. The van der Waals surface area contributed by atoms with Crippen molar-refractivity contribution < 1.29 is 23.3 Å². The van der Waals surface area contributed by atoms with Gasteiger partial charge in [0.05, 0.1) is 0 Å². The third-order valence-corrected chi connectivity index (χ3v) is 5.32. The van der Waals surface area contributed by atoms with Crippen molar-refractivity contribution in [3.8, 4) is 11.5 Å². The first-order chi connectivity index (χ1) is 16.0. The van der Waals surface area contributed by atoms with Crippen LogP contribution in [0.5, 0.6) is 0 Å². The Morgan fingerprint density at radius 2 is 1.88 bits per heavy atom. The van der Waals surface area contributed by atoms with Crippen LogP contribution in [0.25, 0.3) is 11.5 Å². The van der Waals surface area contributed by atoms with E-state index in [1.807, 2.05) is 0 Å². The van der Waals surface area contributed by atoms with E-state index < -0.39 is 18.0 Å². The molecule has 1 atom stereocenters. The third kappa shape index (κ3) is 5.99. The Morgan fingerprint density at radius 1 is 1.12 bits per heavy atom. The number of aryl methyl sites for hydroxylation is 1. The van der Waals surface area contributed by atoms with Crippen LogP contribution in [-0.2, 0) is 14.3 Å². The maximum atomic E-state index is 12.8. The highest BCUT2D eigenvalue weighted by Gasteiger charge is 2.26. The number of carbonyl (C=O) groups excluding carboxylic acids is 2. The van der Waals surface area contributed by atoms with Gasteiger partial charge in [0, 0.05) is 22.2 Å². The number of anilines is 1. The fraction of sp³-hybridized carbons (Fsp3) is 0.136.